The van der Waals surface area contributed by atoms with Gasteiger partial charge in [0.05, 0.1) is 10.5 Å². The zero-order valence-electron chi connectivity index (χ0n) is 18.3. The summed E-state index contributed by atoms with van der Waals surface area (Å²) in [6.07, 6.45) is 0. The van der Waals surface area contributed by atoms with Gasteiger partial charge in [0.1, 0.15) is 27.9 Å². The lowest BCUT2D eigenvalue weighted by Crippen LogP contribution is -2.36. The van der Waals surface area contributed by atoms with Crippen LogP contribution in [0.2, 0.25) is 0 Å². The second kappa shape index (κ2) is 8.06. The van der Waals surface area contributed by atoms with Crippen LogP contribution in [0.5, 0.6) is 0 Å². The van der Waals surface area contributed by atoms with Gasteiger partial charge in [-0.15, -0.1) is 0 Å². The number of rotatable bonds is 2. The number of aryl methyl sites for hydroxylation is 2. The van der Waals surface area contributed by atoms with E-state index in [1.54, 1.807) is 12.1 Å². The monoisotopic (exact) mass is 454 g/mol. The molecule has 33 heavy (non-hydrogen) atoms. The van der Waals surface area contributed by atoms with E-state index in [0.717, 1.165) is 23.3 Å². The number of nitrogens with zero attached hydrogens (tertiary/aromatic N) is 2. The van der Waals surface area contributed by atoms with Crippen LogP contribution in [-0.2, 0) is 16.7 Å². The molecule has 5 aromatic rings. The van der Waals surface area contributed by atoms with Gasteiger partial charge in [-0.05, 0) is 43.5 Å². The highest BCUT2D eigenvalue weighted by Crippen LogP contribution is 2.44. The fraction of sp³-hybridized carbons (Fsp3) is 0.111. The average Bonchev–Trinajstić information content (AvgIpc) is 3.13. The van der Waals surface area contributed by atoms with Gasteiger partial charge >= 0.3 is 0 Å². The number of hydrogen-bond donors (Lipinski definition) is 0. The van der Waals surface area contributed by atoms with Gasteiger partial charge in [0, 0.05) is 17.0 Å². The van der Waals surface area contributed by atoms with Gasteiger partial charge in [-0.2, -0.15) is 4.57 Å². The normalized spacial score (nSPS) is 11.8. The molecule has 1 heterocycles. The SMILES string of the molecule is CC[n+]1c2c(nc3ccccc31)-c1cccc3cccc-2c13.Cc1ccc(S(=O)(=O)[O-])cc1. The lowest BCUT2D eigenvalue weighted by Gasteiger charge is -2.05. The van der Waals surface area contributed by atoms with Gasteiger partial charge in [0.15, 0.2) is 0 Å². The third kappa shape index (κ3) is 3.67. The maximum absolute atomic E-state index is 10.4. The smallest absolute Gasteiger partial charge is 0.240 e. The zero-order valence-corrected chi connectivity index (χ0v) is 19.1. The van der Waals surface area contributed by atoms with Crippen molar-refractivity contribution in [2.24, 2.45) is 0 Å². The molecule has 0 spiro atoms. The van der Waals surface area contributed by atoms with Gasteiger partial charge in [-0.1, -0.05) is 60.2 Å². The summed E-state index contributed by atoms with van der Waals surface area (Å²) >= 11 is 0. The van der Waals surface area contributed by atoms with E-state index in [0.29, 0.717) is 0 Å². The largest absolute Gasteiger partial charge is 0.744 e. The minimum absolute atomic E-state index is 0.178. The van der Waals surface area contributed by atoms with Crippen molar-refractivity contribution in [2.75, 3.05) is 0 Å². The first kappa shape index (κ1) is 21.2. The first-order valence-electron chi connectivity index (χ1n) is 10.8. The molecule has 0 unspecified atom stereocenters. The summed E-state index contributed by atoms with van der Waals surface area (Å²) in [7, 11) is -4.27. The molecule has 0 N–H and O–H groups in total. The summed E-state index contributed by atoms with van der Waals surface area (Å²) < 4.78 is 33.6. The molecule has 5 nitrogen and oxygen atoms in total. The van der Waals surface area contributed by atoms with E-state index in [2.05, 4.69) is 72.2 Å². The van der Waals surface area contributed by atoms with Crippen LogP contribution in [0, 0.1) is 6.92 Å². The molecule has 0 bridgehead atoms. The van der Waals surface area contributed by atoms with Crippen LogP contribution < -0.4 is 4.57 Å². The van der Waals surface area contributed by atoms with E-state index in [9.17, 15) is 13.0 Å². The Morgan fingerprint density at radius 2 is 1.52 bits per heavy atom. The minimum Gasteiger partial charge on any atom is -0.744 e. The molecule has 0 fully saturated rings. The Hall–Kier alpha value is -3.61. The molecular formula is C27H22N2O3S. The van der Waals surface area contributed by atoms with Crippen LogP contribution in [0.3, 0.4) is 0 Å². The van der Waals surface area contributed by atoms with E-state index in [4.69, 9.17) is 4.98 Å². The predicted octanol–water partition coefficient (Wildman–Crippen LogP) is 5.24. The van der Waals surface area contributed by atoms with Crippen molar-refractivity contribution in [1.82, 2.24) is 4.98 Å². The summed E-state index contributed by atoms with van der Waals surface area (Å²) in [4.78, 5) is 4.81. The first-order chi connectivity index (χ1) is 15.9. The van der Waals surface area contributed by atoms with E-state index in [1.807, 2.05) is 6.92 Å². The third-order valence-electron chi connectivity index (χ3n) is 5.94. The van der Waals surface area contributed by atoms with Crippen LogP contribution in [0.15, 0.2) is 89.8 Å². The second-order valence-corrected chi connectivity index (χ2v) is 9.40. The number of benzene rings is 4. The predicted molar refractivity (Wildman–Crippen MR) is 129 cm³/mol. The highest BCUT2D eigenvalue weighted by atomic mass is 32.2. The minimum atomic E-state index is -4.27. The van der Waals surface area contributed by atoms with Crippen LogP contribution >= 0.6 is 0 Å². The summed E-state index contributed by atoms with van der Waals surface area (Å²) in [6, 6.07) is 27.3. The number of aromatic nitrogens is 2. The lowest BCUT2D eigenvalue weighted by molar-refractivity contribution is -0.656. The van der Waals surface area contributed by atoms with Gasteiger partial charge in [0.2, 0.25) is 11.2 Å². The summed E-state index contributed by atoms with van der Waals surface area (Å²) in [6.45, 7) is 4.97. The fourth-order valence-corrected chi connectivity index (χ4v) is 4.91. The maximum Gasteiger partial charge on any atom is 0.240 e. The second-order valence-electron chi connectivity index (χ2n) is 8.02. The highest BCUT2D eigenvalue weighted by molar-refractivity contribution is 7.85. The van der Waals surface area contributed by atoms with Gasteiger partial charge in [-0.3, -0.25) is 0 Å². The van der Waals surface area contributed by atoms with Crippen LogP contribution in [0.1, 0.15) is 12.5 Å². The Morgan fingerprint density at radius 1 is 0.848 bits per heavy atom. The number of fused-ring (bicyclic) bond motifs is 4. The summed E-state index contributed by atoms with van der Waals surface area (Å²) in [5, 5.41) is 2.63. The van der Waals surface area contributed by atoms with Crippen LogP contribution in [0.25, 0.3) is 44.3 Å². The molecule has 0 amide bonds. The zero-order chi connectivity index (χ0) is 23.2. The molecule has 0 aliphatic heterocycles. The maximum atomic E-state index is 10.4. The van der Waals surface area contributed by atoms with Crippen LogP contribution in [0.4, 0.5) is 0 Å². The Bertz CT molecular complexity index is 1620. The van der Waals surface area contributed by atoms with E-state index < -0.39 is 10.1 Å². The Labute approximate surface area is 192 Å². The van der Waals surface area contributed by atoms with Crippen molar-refractivity contribution in [1.29, 1.82) is 0 Å². The molecule has 0 radical (unpaired) electrons. The van der Waals surface area contributed by atoms with Crippen molar-refractivity contribution in [3.05, 3.63) is 90.5 Å². The Kier molecular flexibility index (Phi) is 5.19. The molecule has 0 saturated heterocycles. The Morgan fingerprint density at radius 3 is 2.18 bits per heavy atom. The van der Waals surface area contributed by atoms with E-state index >= 15 is 0 Å². The van der Waals surface area contributed by atoms with Crippen LogP contribution in [-0.4, -0.2) is 18.0 Å². The third-order valence-corrected chi connectivity index (χ3v) is 6.79. The fourth-order valence-electron chi connectivity index (χ4n) is 4.44. The molecular weight excluding hydrogens is 432 g/mol. The van der Waals surface area contributed by atoms with Crippen molar-refractivity contribution >= 4 is 31.9 Å². The molecule has 1 aromatic heterocycles. The number of para-hydroxylation sites is 2. The summed E-state index contributed by atoms with van der Waals surface area (Å²) in [5.41, 5.74) is 8.14. The average molecular weight is 455 g/mol. The molecule has 4 aromatic carbocycles. The standard InChI is InChI=1S/C20H15N2.C7H8O3S/c1-2-22-17-12-4-3-11-16(17)21-19-14-9-5-7-13-8-6-10-15(18(13)14)20(19)22;1-6-2-4-7(5-3-6)11(8,9)10/h3-12H,2H2,1H3;2-5H,1H3,(H,8,9,10)/q+1;/p-1. The van der Waals surface area contributed by atoms with Crippen molar-refractivity contribution in [3.8, 4) is 22.5 Å². The van der Waals surface area contributed by atoms with Crippen molar-refractivity contribution < 1.29 is 17.5 Å². The summed E-state index contributed by atoms with van der Waals surface area (Å²) in [5.74, 6) is 0. The van der Waals surface area contributed by atoms with Crippen molar-refractivity contribution in [2.45, 2.75) is 25.3 Å². The first-order valence-corrected chi connectivity index (χ1v) is 12.2. The topological polar surface area (TPSA) is 74.0 Å². The quantitative estimate of drug-likeness (QED) is 0.265. The highest BCUT2D eigenvalue weighted by Gasteiger charge is 2.32. The molecule has 1 aliphatic carbocycles. The Balaban J connectivity index is 0.000000177. The molecule has 0 saturated carbocycles. The lowest BCUT2D eigenvalue weighted by atomic mass is 10.0. The molecule has 6 heteroatoms. The number of hydrogen-bond acceptors (Lipinski definition) is 4. The van der Waals surface area contributed by atoms with E-state index in [-0.39, 0.29) is 4.90 Å². The van der Waals surface area contributed by atoms with Gasteiger partial charge in [-0.25, -0.2) is 13.4 Å². The molecule has 6 rings (SSSR count). The van der Waals surface area contributed by atoms with E-state index in [1.165, 1.54) is 45.2 Å². The molecule has 1 aliphatic rings. The van der Waals surface area contributed by atoms with Gasteiger partial charge < -0.3 is 4.55 Å². The van der Waals surface area contributed by atoms with Crippen molar-refractivity contribution in [3.63, 3.8) is 0 Å². The molecule has 0 atom stereocenters. The van der Waals surface area contributed by atoms with Gasteiger partial charge in [0.25, 0.3) is 0 Å². The molecule has 164 valence electrons.